The number of benzene rings is 1. The van der Waals surface area contributed by atoms with Gasteiger partial charge < -0.3 is 26.8 Å². The maximum atomic E-state index is 12.3. The fourth-order valence-electron chi connectivity index (χ4n) is 4.10. The number of amides is 2. The highest BCUT2D eigenvalue weighted by molar-refractivity contribution is 5.75. The SMILES string of the molecule is CC(C)(C)NC(=O)NC(C)(C)CC(C)(C)c1ccc(NC(O)C2=CC=C(N)CC2)cc1. The van der Waals surface area contributed by atoms with E-state index in [2.05, 4.69) is 41.9 Å². The summed E-state index contributed by atoms with van der Waals surface area (Å²) in [6.45, 7) is 14.3. The highest BCUT2D eigenvalue weighted by Gasteiger charge is 2.32. The van der Waals surface area contributed by atoms with Crippen molar-refractivity contribution in [2.45, 2.75) is 90.4 Å². The first-order chi connectivity index (χ1) is 14.2. The van der Waals surface area contributed by atoms with Gasteiger partial charge in [0.05, 0.1) is 0 Å². The fourth-order valence-corrected chi connectivity index (χ4v) is 4.10. The molecular weight excluding hydrogens is 388 g/mol. The van der Waals surface area contributed by atoms with Gasteiger partial charge in [0.1, 0.15) is 6.23 Å². The number of urea groups is 1. The second-order valence-corrected chi connectivity index (χ2v) is 10.9. The first kappa shape index (κ1) is 24.8. The molecule has 0 heterocycles. The molecule has 6 heteroatoms. The van der Waals surface area contributed by atoms with E-state index in [1.165, 1.54) is 5.56 Å². The van der Waals surface area contributed by atoms with E-state index in [0.29, 0.717) is 0 Å². The van der Waals surface area contributed by atoms with E-state index in [0.717, 1.165) is 36.2 Å². The van der Waals surface area contributed by atoms with Crippen LogP contribution in [0.4, 0.5) is 10.5 Å². The Bertz CT molecular complexity index is 830. The molecule has 1 aliphatic rings. The summed E-state index contributed by atoms with van der Waals surface area (Å²) in [5.41, 5.74) is 8.79. The summed E-state index contributed by atoms with van der Waals surface area (Å²) in [6, 6.07) is 7.97. The molecule has 0 radical (unpaired) electrons. The monoisotopic (exact) mass is 428 g/mol. The van der Waals surface area contributed by atoms with Crippen LogP contribution in [-0.4, -0.2) is 28.4 Å². The van der Waals surface area contributed by atoms with Gasteiger partial charge >= 0.3 is 6.03 Å². The van der Waals surface area contributed by atoms with Gasteiger partial charge in [0.2, 0.25) is 0 Å². The van der Waals surface area contributed by atoms with Crippen molar-refractivity contribution in [2.24, 2.45) is 5.73 Å². The normalized spacial score (nSPS) is 16.1. The number of nitrogens with two attached hydrogens (primary N) is 1. The quantitative estimate of drug-likeness (QED) is 0.412. The molecule has 1 unspecified atom stereocenters. The Labute approximate surface area is 187 Å². The van der Waals surface area contributed by atoms with Crippen LogP contribution < -0.4 is 21.7 Å². The minimum absolute atomic E-state index is 0.149. The largest absolute Gasteiger partial charge is 0.402 e. The zero-order valence-corrected chi connectivity index (χ0v) is 20.1. The molecule has 0 spiro atoms. The van der Waals surface area contributed by atoms with Crippen molar-refractivity contribution < 1.29 is 9.90 Å². The molecule has 0 bridgehead atoms. The van der Waals surface area contributed by atoms with Crippen LogP contribution in [0, 0.1) is 0 Å². The molecule has 0 fully saturated rings. The van der Waals surface area contributed by atoms with E-state index in [4.69, 9.17) is 5.73 Å². The summed E-state index contributed by atoms with van der Waals surface area (Å²) in [6.07, 6.45) is 5.31. The number of rotatable bonds is 7. The number of allylic oxidation sites excluding steroid dienone is 3. The first-order valence-electron chi connectivity index (χ1n) is 11.0. The molecule has 1 aliphatic carbocycles. The summed E-state index contributed by atoms with van der Waals surface area (Å²) in [4.78, 5) is 12.3. The van der Waals surface area contributed by atoms with Gasteiger partial charge in [0.15, 0.2) is 0 Å². The second kappa shape index (κ2) is 9.35. The van der Waals surface area contributed by atoms with Gasteiger partial charge in [0, 0.05) is 22.5 Å². The summed E-state index contributed by atoms with van der Waals surface area (Å²) in [5, 5.41) is 19.7. The second-order valence-electron chi connectivity index (χ2n) is 10.9. The van der Waals surface area contributed by atoms with Crippen molar-refractivity contribution >= 4 is 11.7 Å². The number of aliphatic hydroxyl groups excluding tert-OH is 1. The van der Waals surface area contributed by atoms with E-state index < -0.39 is 6.23 Å². The average Bonchev–Trinajstić information content (AvgIpc) is 2.59. The van der Waals surface area contributed by atoms with Crippen LogP contribution >= 0.6 is 0 Å². The molecular formula is C25H40N4O2. The minimum atomic E-state index is -0.729. The molecule has 1 aromatic carbocycles. The van der Waals surface area contributed by atoms with E-state index in [9.17, 15) is 9.90 Å². The van der Waals surface area contributed by atoms with Gasteiger partial charge in [-0.3, -0.25) is 0 Å². The van der Waals surface area contributed by atoms with E-state index in [-0.39, 0.29) is 22.5 Å². The molecule has 6 nitrogen and oxygen atoms in total. The van der Waals surface area contributed by atoms with Gasteiger partial charge in [-0.15, -0.1) is 0 Å². The third-order valence-corrected chi connectivity index (χ3v) is 5.36. The molecule has 31 heavy (non-hydrogen) atoms. The number of carbonyl (C=O) groups is 1. The number of carbonyl (C=O) groups excluding carboxylic acids is 1. The van der Waals surface area contributed by atoms with Gasteiger partial charge in [-0.05, 0) is 88.6 Å². The van der Waals surface area contributed by atoms with Gasteiger partial charge in [-0.2, -0.15) is 0 Å². The molecule has 172 valence electrons. The fraction of sp³-hybridized carbons (Fsp3) is 0.560. The highest BCUT2D eigenvalue weighted by atomic mass is 16.3. The van der Waals surface area contributed by atoms with Crippen molar-refractivity contribution in [1.82, 2.24) is 10.6 Å². The maximum absolute atomic E-state index is 12.3. The summed E-state index contributed by atoms with van der Waals surface area (Å²) in [7, 11) is 0. The number of nitrogens with one attached hydrogen (secondary N) is 3. The van der Waals surface area contributed by atoms with Gasteiger partial charge in [-0.25, -0.2) is 4.79 Å². The Morgan fingerprint density at radius 1 is 1.00 bits per heavy atom. The molecule has 0 aromatic heterocycles. The summed E-state index contributed by atoms with van der Waals surface area (Å²) >= 11 is 0. The molecule has 0 aliphatic heterocycles. The Morgan fingerprint density at radius 3 is 2.13 bits per heavy atom. The Kier molecular flexibility index (Phi) is 7.48. The predicted octanol–water partition coefficient (Wildman–Crippen LogP) is 4.52. The molecule has 2 rings (SSSR count). The first-order valence-corrected chi connectivity index (χ1v) is 11.0. The summed E-state index contributed by atoms with van der Waals surface area (Å²) in [5.74, 6) is 0. The highest BCUT2D eigenvalue weighted by Crippen LogP contribution is 2.33. The zero-order chi connectivity index (χ0) is 23.4. The van der Waals surface area contributed by atoms with Crippen molar-refractivity contribution in [2.75, 3.05) is 5.32 Å². The lowest BCUT2D eigenvalue weighted by molar-refractivity contribution is 0.212. The summed E-state index contributed by atoms with van der Waals surface area (Å²) < 4.78 is 0. The topological polar surface area (TPSA) is 99.4 Å². The van der Waals surface area contributed by atoms with E-state index >= 15 is 0 Å². The molecule has 1 aromatic rings. The van der Waals surface area contributed by atoms with Gasteiger partial charge in [-0.1, -0.05) is 32.1 Å². The molecule has 1 atom stereocenters. The van der Waals surface area contributed by atoms with Gasteiger partial charge in [0.25, 0.3) is 0 Å². The zero-order valence-electron chi connectivity index (χ0n) is 20.1. The molecule has 6 N–H and O–H groups in total. The third kappa shape index (κ3) is 7.94. The number of aliphatic hydroxyl groups is 1. The standard InChI is InChI=1S/C25H40N4O2/c1-23(2,3)28-22(31)29-25(6,7)16-24(4,5)18-10-14-20(15-11-18)27-21(30)17-8-12-19(26)13-9-17/h8,10-12,14-15,21,27,30H,9,13,16,26H2,1-7H3,(H2,28,29,31). The van der Waals surface area contributed by atoms with E-state index in [1.54, 1.807) is 0 Å². The van der Waals surface area contributed by atoms with Crippen LogP contribution in [0.3, 0.4) is 0 Å². The molecule has 0 saturated heterocycles. The van der Waals surface area contributed by atoms with Crippen LogP contribution in [-0.2, 0) is 5.41 Å². The molecule has 0 saturated carbocycles. The lowest BCUT2D eigenvalue weighted by Gasteiger charge is -2.37. The maximum Gasteiger partial charge on any atom is 0.315 e. The van der Waals surface area contributed by atoms with Crippen LogP contribution in [0.15, 0.2) is 47.7 Å². The Hall–Kier alpha value is -2.47. The minimum Gasteiger partial charge on any atom is -0.402 e. The Balaban J connectivity index is 2.01. The van der Waals surface area contributed by atoms with Crippen molar-refractivity contribution in [1.29, 1.82) is 0 Å². The smallest absolute Gasteiger partial charge is 0.315 e. The average molecular weight is 429 g/mol. The predicted molar refractivity (Wildman–Crippen MR) is 129 cm³/mol. The third-order valence-electron chi connectivity index (χ3n) is 5.36. The number of anilines is 1. The van der Waals surface area contributed by atoms with Crippen LogP contribution in [0.25, 0.3) is 0 Å². The van der Waals surface area contributed by atoms with E-state index in [1.807, 2.05) is 58.9 Å². The lowest BCUT2D eigenvalue weighted by atomic mass is 9.75. The lowest BCUT2D eigenvalue weighted by Crippen LogP contribution is -2.54. The van der Waals surface area contributed by atoms with Crippen LogP contribution in [0.2, 0.25) is 0 Å². The number of hydrogen-bond donors (Lipinski definition) is 5. The van der Waals surface area contributed by atoms with Crippen LogP contribution in [0.5, 0.6) is 0 Å². The number of hydrogen-bond acceptors (Lipinski definition) is 4. The molecule has 2 amide bonds. The van der Waals surface area contributed by atoms with Crippen molar-refractivity contribution in [3.63, 3.8) is 0 Å². The Morgan fingerprint density at radius 2 is 1.61 bits per heavy atom. The van der Waals surface area contributed by atoms with Crippen LogP contribution in [0.1, 0.15) is 73.3 Å². The van der Waals surface area contributed by atoms with Crippen molar-refractivity contribution in [3.8, 4) is 0 Å². The van der Waals surface area contributed by atoms with Crippen molar-refractivity contribution in [3.05, 3.63) is 53.3 Å².